The lowest BCUT2D eigenvalue weighted by Gasteiger charge is -2.09. The van der Waals surface area contributed by atoms with Crippen molar-refractivity contribution in [3.8, 4) is 22.9 Å². The average molecular weight is 396 g/mol. The Labute approximate surface area is 168 Å². The van der Waals surface area contributed by atoms with Crippen molar-refractivity contribution >= 4 is 23.0 Å². The molecule has 0 aliphatic carbocycles. The zero-order chi connectivity index (χ0) is 19.8. The maximum absolute atomic E-state index is 5.44. The van der Waals surface area contributed by atoms with E-state index in [0.717, 1.165) is 22.7 Å². The molecule has 0 amide bonds. The minimum absolute atomic E-state index is 0.309. The van der Waals surface area contributed by atoms with Gasteiger partial charge in [-0.25, -0.2) is 0 Å². The van der Waals surface area contributed by atoms with Crippen LogP contribution in [0.1, 0.15) is 5.89 Å². The molecular formula is C20H20N4O3S. The van der Waals surface area contributed by atoms with E-state index in [1.165, 1.54) is 0 Å². The summed E-state index contributed by atoms with van der Waals surface area (Å²) in [5.74, 6) is 2.41. The Kier molecular flexibility index (Phi) is 6.59. The number of rotatable bonds is 8. The van der Waals surface area contributed by atoms with Crippen molar-refractivity contribution in [2.45, 2.75) is 6.54 Å². The first-order valence-electron chi connectivity index (χ1n) is 8.53. The first-order chi connectivity index (χ1) is 13.7. The summed E-state index contributed by atoms with van der Waals surface area (Å²) in [6.07, 6.45) is 1.70. The number of methoxy groups -OCH3 is 1. The minimum Gasteiger partial charge on any atom is -0.497 e. The number of thiocarbonyl (C=S) groups is 1. The number of aromatic nitrogens is 2. The molecule has 0 saturated heterocycles. The summed E-state index contributed by atoms with van der Waals surface area (Å²) >= 11 is 5.30. The van der Waals surface area contributed by atoms with Gasteiger partial charge in [-0.3, -0.25) is 0 Å². The van der Waals surface area contributed by atoms with Gasteiger partial charge >= 0.3 is 0 Å². The first-order valence-corrected chi connectivity index (χ1v) is 8.94. The number of anilines is 1. The fourth-order valence-electron chi connectivity index (χ4n) is 2.33. The van der Waals surface area contributed by atoms with Gasteiger partial charge in [0.1, 0.15) is 18.1 Å². The Morgan fingerprint density at radius 3 is 2.79 bits per heavy atom. The van der Waals surface area contributed by atoms with Crippen LogP contribution < -0.4 is 20.1 Å². The molecular weight excluding hydrogens is 376 g/mol. The molecule has 1 heterocycles. The molecule has 2 N–H and O–H groups in total. The number of hydrogen-bond acceptors (Lipinski definition) is 6. The molecule has 0 aliphatic heterocycles. The van der Waals surface area contributed by atoms with E-state index < -0.39 is 0 Å². The zero-order valence-corrected chi connectivity index (χ0v) is 16.2. The van der Waals surface area contributed by atoms with E-state index in [1.807, 2.05) is 48.5 Å². The molecule has 7 nitrogen and oxygen atoms in total. The van der Waals surface area contributed by atoms with Crippen LogP contribution in [0.3, 0.4) is 0 Å². The number of nitrogens with zero attached hydrogens (tertiary/aromatic N) is 2. The predicted octanol–water partition coefficient (Wildman–Crippen LogP) is 3.80. The van der Waals surface area contributed by atoms with Gasteiger partial charge in [-0.2, -0.15) is 4.98 Å². The fraction of sp³-hybridized carbons (Fsp3) is 0.150. The Hall–Kier alpha value is -3.39. The standard InChI is InChI=1S/C20H20N4O3S/c1-3-11-26-16-9-7-15(8-10-16)22-20(28)21-13-18-23-19(24-27-18)14-5-4-6-17(12-14)25-2/h3-10,12H,1,11,13H2,2H3,(H2,21,22,28). The van der Waals surface area contributed by atoms with Crippen LogP contribution in [0.2, 0.25) is 0 Å². The molecule has 2 aromatic carbocycles. The summed E-state index contributed by atoms with van der Waals surface area (Å²) in [4.78, 5) is 4.37. The van der Waals surface area contributed by atoms with E-state index in [4.69, 9.17) is 26.2 Å². The molecule has 8 heteroatoms. The minimum atomic E-state index is 0.309. The van der Waals surface area contributed by atoms with Crippen LogP contribution in [-0.4, -0.2) is 29.0 Å². The summed E-state index contributed by atoms with van der Waals surface area (Å²) in [5.41, 5.74) is 1.65. The highest BCUT2D eigenvalue weighted by Gasteiger charge is 2.10. The van der Waals surface area contributed by atoms with Crippen molar-refractivity contribution in [1.29, 1.82) is 0 Å². The largest absolute Gasteiger partial charge is 0.497 e. The molecule has 28 heavy (non-hydrogen) atoms. The third-order valence-corrected chi connectivity index (χ3v) is 3.92. The van der Waals surface area contributed by atoms with Crippen LogP contribution in [0.15, 0.2) is 65.7 Å². The first kappa shape index (κ1) is 19.4. The fourth-order valence-corrected chi connectivity index (χ4v) is 2.52. The Bertz CT molecular complexity index is 941. The number of ether oxygens (including phenoxy) is 2. The van der Waals surface area contributed by atoms with E-state index in [1.54, 1.807) is 13.2 Å². The smallest absolute Gasteiger partial charge is 0.246 e. The molecule has 3 aromatic rings. The van der Waals surface area contributed by atoms with Crippen LogP contribution in [-0.2, 0) is 6.54 Å². The van der Waals surface area contributed by atoms with Crippen molar-refractivity contribution < 1.29 is 14.0 Å². The molecule has 0 radical (unpaired) electrons. The number of hydrogen-bond donors (Lipinski definition) is 2. The van der Waals surface area contributed by atoms with E-state index in [-0.39, 0.29) is 0 Å². The van der Waals surface area contributed by atoms with Gasteiger partial charge in [-0.05, 0) is 48.6 Å². The Balaban J connectivity index is 1.52. The van der Waals surface area contributed by atoms with E-state index in [9.17, 15) is 0 Å². The van der Waals surface area contributed by atoms with Gasteiger partial charge in [-0.15, -0.1) is 0 Å². The second kappa shape index (κ2) is 9.52. The molecule has 0 saturated carbocycles. The van der Waals surface area contributed by atoms with Gasteiger partial charge in [0.2, 0.25) is 11.7 Å². The highest BCUT2D eigenvalue weighted by Crippen LogP contribution is 2.21. The maximum Gasteiger partial charge on any atom is 0.246 e. The van der Waals surface area contributed by atoms with Gasteiger partial charge in [0, 0.05) is 11.3 Å². The summed E-state index contributed by atoms with van der Waals surface area (Å²) < 4.78 is 15.9. The predicted molar refractivity (Wildman–Crippen MR) is 111 cm³/mol. The maximum atomic E-state index is 5.44. The lowest BCUT2D eigenvalue weighted by atomic mass is 10.2. The van der Waals surface area contributed by atoms with Crippen LogP contribution in [0.25, 0.3) is 11.4 Å². The highest BCUT2D eigenvalue weighted by molar-refractivity contribution is 7.80. The summed E-state index contributed by atoms with van der Waals surface area (Å²) in [7, 11) is 1.61. The monoisotopic (exact) mass is 396 g/mol. The van der Waals surface area contributed by atoms with Crippen molar-refractivity contribution in [1.82, 2.24) is 15.5 Å². The molecule has 0 spiro atoms. The zero-order valence-electron chi connectivity index (χ0n) is 15.3. The van der Waals surface area contributed by atoms with Crippen molar-refractivity contribution in [2.24, 2.45) is 0 Å². The highest BCUT2D eigenvalue weighted by atomic mass is 32.1. The topological polar surface area (TPSA) is 81.4 Å². The van der Waals surface area contributed by atoms with Gasteiger partial charge < -0.3 is 24.6 Å². The molecule has 0 unspecified atom stereocenters. The van der Waals surface area contributed by atoms with Gasteiger partial charge in [0.05, 0.1) is 13.7 Å². The Morgan fingerprint density at radius 1 is 1.21 bits per heavy atom. The molecule has 3 rings (SSSR count). The van der Waals surface area contributed by atoms with Gasteiger partial charge in [0.15, 0.2) is 5.11 Å². The lowest BCUT2D eigenvalue weighted by molar-refractivity contribution is 0.363. The second-order valence-electron chi connectivity index (χ2n) is 5.68. The SMILES string of the molecule is C=CCOc1ccc(NC(=S)NCc2nc(-c3cccc(OC)c3)no2)cc1. The van der Waals surface area contributed by atoms with Crippen LogP contribution in [0, 0.1) is 0 Å². The van der Waals surface area contributed by atoms with E-state index >= 15 is 0 Å². The quantitative estimate of drug-likeness (QED) is 0.440. The molecule has 144 valence electrons. The normalized spacial score (nSPS) is 10.2. The third kappa shape index (κ3) is 5.31. The summed E-state index contributed by atoms with van der Waals surface area (Å²) in [6, 6.07) is 14.9. The van der Waals surface area contributed by atoms with Crippen molar-refractivity contribution in [3.63, 3.8) is 0 Å². The van der Waals surface area contributed by atoms with E-state index in [2.05, 4.69) is 27.4 Å². The summed E-state index contributed by atoms with van der Waals surface area (Å²) in [5, 5.41) is 10.6. The molecule has 0 bridgehead atoms. The van der Waals surface area contributed by atoms with Crippen molar-refractivity contribution in [3.05, 3.63) is 67.1 Å². The Morgan fingerprint density at radius 2 is 2.04 bits per heavy atom. The summed E-state index contributed by atoms with van der Waals surface area (Å²) in [6.45, 7) is 4.39. The van der Waals surface area contributed by atoms with E-state index in [0.29, 0.717) is 30.0 Å². The number of nitrogens with one attached hydrogen (secondary N) is 2. The van der Waals surface area contributed by atoms with Crippen LogP contribution in [0.4, 0.5) is 5.69 Å². The lowest BCUT2D eigenvalue weighted by Crippen LogP contribution is -2.27. The number of benzene rings is 2. The van der Waals surface area contributed by atoms with Gasteiger partial charge in [-0.1, -0.05) is 29.9 Å². The van der Waals surface area contributed by atoms with Crippen LogP contribution in [0.5, 0.6) is 11.5 Å². The van der Waals surface area contributed by atoms with Crippen LogP contribution >= 0.6 is 12.2 Å². The molecule has 1 aromatic heterocycles. The average Bonchev–Trinajstić information content (AvgIpc) is 3.21. The third-order valence-electron chi connectivity index (χ3n) is 3.68. The van der Waals surface area contributed by atoms with Crippen molar-refractivity contribution in [2.75, 3.05) is 19.0 Å². The molecule has 0 aliphatic rings. The molecule has 0 atom stereocenters. The van der Waals surface area contributed by atoms with Gasteiger partial charge in [0.25, 0.3) is 0 Å². The second-order valence-corrected chi connectivity index (χ2v) is 6.08. The molecule has 0 fully saturated rings.